The van der Waals surface area contributed by atoms with Gasteiger partial charge >= 0.3 is 0 Å². The Kier molecular flexibility index (Phi) is 5.58. The van der Waals surface area contributed by atoms with Crippen LogP contribution in [-0.4, -0.2) is 29.0 Å². The maximum absolute atomic E-state index is 11.8. The van der Waals surface area contributed by atoms with Crippen LogP contribution in [0.2, 0.25) is 0 Å². The maximum Gasteiger partial charge on any atom is 0.264 e. The third-order valence-corrected chi connectivity index (χ3v) is 4.54. The zero-order chi connectivity index (χ0) is 15.2. The summed E-state index contributed by atoms with van der Waals surface area (Å²) in [7, 11) is 0. The Labute approximate surface area is 132 Å². The largest absolute Gasteiger partial charge is 0.484 e. The summed E-state index contributed by atoms with van der Waals surface area (Å²) in [6.07, 6.45) is 1.91. The lowest BCUT2D eigenvalue weighted by atomic mass is 10.0. The van der Waals surface area contributed by atoms with Crippen molar-refractivity contribution in [2.75, 3.05) is 18.2 Å². The number of nitrogens with zero attached hydrogens (tertiary/aromatic N) is 2. The molecule has 2 rings (SSSR count). The molecule has 0 radical (unpaired) electrons. The summed E-state index contributed by atoms with van der Waals surface area (Å²) in [5.41, 5.74) is 1.18. The van der Waals surface area contributed by atoms with E-state index in [2.05, 4.69) is 29.4 Å². The fourth-order valence-corrected chi connectivity index (χ4v) is 2.80. The van der Waals surface area contributed by atoms with Crippen molar-refractivity contribution in [1.29, 1.82) is 0 Å². The number of thioether (sulfide) groups is 1. The zero-order valence-electron chi connectivity index (χ0n) is 12.1. The molecule has 21 heavy (non-hydrogen) atoms. The van der Waals surface area contributed by atoms with E-state index < -0.39 is 0 Å². The van der Waals surface area contributed by atoms with Gasteiger partial charge in [-0.3, -0.25) is 10.1 Å². The highest BCUT2D eigenvalue weighted by Gasteiger charge is 2.09. The highest BCUT2D eigenvalue weighted by Crippen LogP contribution is 2.23. The van der Waals surface area contributed by atoms with E-state index in [-0.39, 0.29) is 12.5 Å². The van der Waals surface area contributed by atoms with Crippen LogP contribution in [0.1, 0.15) is 25.3 Å². The molecule has 1 amide bonds. The number of amides is 1. The summed E-state index contributed by atoms with van der Waals surface area (Å²) < 4.78 is 6.32. The van der Waals surface area contributed by atoms with Gasteiger partial charge in [0.25, 0.3) is 5.91 Å². The average Bonchev–Trinajstić information content (AvgIpc) is 2.93. The maximum atomic E-state index is 11.8. The van der Waals surface area contributed by atoms with Crippen LogP contribution in [-0.2, 0) is 4.79 Å². The van der Waals surface area contributed by atoms with Crippen molar-refractivity contribution in [3.63, 3.8) is 0 Å². The number of rotatable bonds is 6. The number of hydrogen-bond donors (Lipinski definition) is 1. The Balaban J connectivity index is 1.87. The van der Waals surface area contributed by atoms with Crippen LogP contribution >= 0.6 is 23.1 Å². The van der Waals surface area contributed by atoms with Gasteiger partial charge in [-0.2, -0.15) is 0 Å². The van der Waals surface area contributed by atoms with E-state index in [1.54, 1.807) is 0 Å². The number of nitrogens with one attached hydrogen (secondary N) is 1. The van der Waals surface area contributed by atoms with Crippen molar-refractivity contribution in [3.05, 3.63) is 29.8 Å². The fraction of sp³-hybridized carbons (Fsp3) is 0.357. The van der Waals surface area contributed by atoms with E-state index in [1.807, 2.05) is 30.5 Å². The minimum atomic E-state index is -0.242. The second-order valence-corrected chi connectivity index (χ2v) is 6.67. The molecule has 5 nitrogen and oxygen atoms in total. The second kappa shape index (κ2) is 7.42. The molecule has 0 saturated carbocycles. The number of carbonyl (C=O) groups is 1. The van der Waals surface area contributed by atoms with E-state index in [4.69, 9.17) is 4.74 Å². The highest BCUT2D eigenvalue weighted by molar-refractivity contribution is 8.00. The van der Waals surface area contributed by atoms with Crippen molar-refractivity contribution in [3.8, 4) is 5.75 Å². The number of hydrogen-bond acceptors (Lipinski definition) is 6. The Morgan fingerprint density at radius 3 is 2.90 bits per heavy atom. The van der Waals surface area contributed by atoms with Crippen LogP contribution in [0.3, 0.4) is 0 Å². The third-order valence-electron chi connectivity index (χ3n) is 2.72. The van der Waals surface area contributed by atoms with Gasteiger partial charge in [0.2, 0.25) is 5.13 Å². The van der Waals surface area contributed by atoms with Gasteiger partial charge in [0.15, 0.2) is 10.9 Å². The molecule has 0 aliphatic carbocycles. The van der Waals surface area contributed by atoms with Gasteiger partial charge in [-0.25, -0.2) is 0 Å². The number of anilines is 1. The summed E-state index contributed by atoms with van der Waals surface area (Å²) in [4.78, 5) is 11.8. The Morgan fingerprint density at radius 2 is 2.24 bits per heavy atom. The van der Waals surface area contributed by atoms with Gasteiger partial charge in [0.1, 0.15) is 5.75 Å². The predicted octanol–water partition coefficient (Wildman–Crippen LogP) is 3.40. The molecule has 112 valence electrons. The number of aromatic nitrogens is 2. The van der Waals surface area contributed by atoms with Gasteiger partial charge in [-0.15, -0.1) is 10.2 Å². The molecule has 1 aromatic carbocycles. The first-order chi connectivity index (χ1) is 10.1. The molecule has 1 heterocycles. The number of carbonyl (C=O) groups excluding carboxylic acids is 1. The normalized spacial score (nSPS) is 10.7. The molecular weight excluding hydrogens is 306 g/mol. The molecule has 1 aromatic heterocycles. The lowest BCUT2D eigenvalue weighted by Gasteiger charge is -2.09. The second-order valence-electron chi connectivity index (χ2n) is 4.64. The minimum absolute atomic E-state index is 0.0459. The van der Waals surface area contributed by atoms with E-state index in [0.717, 1.165) is 4.34 Å². The van der Waals surface area contributed by atoms with Crippen LogP contribution in [0, 0.1) is 0 Å². The Bertz CT molecular complexity index is 614. The Morgan fingerprint density at radius 1 is 1.43 bits per heavy atom. The van der Waals surface area contributed by atoms with Crippen LogP contribution in [0.5, 0.6) is 5.75 Å². The van der Waals surface area contributed by atoms with Crippen LogP contribution < -0.4 is 10.1 Å². The first kappa shape index (κ1) is 15.8. The first-order valence-electron chi connectivity index (χ1n) is 6.48. The first-order valence-corrected chi connectivity index (χ1v) is 8.52. The molecule has 2 aromatic rings. The number of benzene rings is 1. The molecule has 7 heteroatoms. The van der Waals surface area contributed by atoms with Gasteiger partial charge in [0.05, 0.1) is 0 Å². The topological polar surface area (TPSA) is 64.1 Å². The average molecular weight is 323 g/mol. The third kappa shape index (κ3) is 4.71. The summed E-state index contributed by atoms with van der Waals surface area (Å²) in [5, 5.41) is 11.0. The molecule has 0 unspecified atom stereocenters. The van der Waals surface area contributed by atoms with Crippen molar-refractivity contribution in [2.24, 2.45) is 0 Å². The van der Waals surface area contributed by atoms with E-state index in [1.165, 1.54) is 28.7 Å². The molecule has 0 fully saturated rings. The molecule has 0 atom stereocenters. The standard InChI is InChI=1S/C14H17N3O2S2/c1-9(2)10-5-4-6-11(7-10)19-8-12(18)15-13-16-17-14(20-3)21-13/h4-7,9H,8H2,1-3H3,(H,15,16,18). The van der Waals surface area contributed by atoms with E-state index in [9.17, 15) is 4.79 Å². The minimum Gasteiger partial charge on any atom is -0.484 e. The van der Waals surface area contributed by atoms with E-state index >= 15 is 0 Å². The monoisotopic (exact) mass is 323 g/mol. The molecule has 0 aliphatic heterocycles. The lowest BCUT2D eigenvalue weighted by molar-refractivity contribution is -0.118. The SMILES string of the molecule is CSc1nnc(NC(=O)COc2cccc(C(C)C)c2)s1. The summed E-state index contributed by atoms with van der Waals surface area (Å²) >= 11 is 2.84. The van der Waals surface area contributed by atoms with Crippen molar-refractivity contribution >= 4 is 34.1 Å². The van der Waals surface area contributed by atoms with Crippen LogP contribution in [0.15, 0.2) is 28.6 Å². The molecule has 1 N–H and O–H groups in total. The van der Waals surface area contributed by atoms with Gasteiger partial charge in [-0.1, -0.05) is 49.1 Å². The van der Waals surface area contributed by atoms with Crippen LogP contribution in [0.25, 0.3) is 0 Å². The molecule has 0 aliphatic rings. The quantitative estimate of drug-likeness (QED) is 0.652. The van der Waals surface area contributed by atoms with Crippen LogP contribution in [0.4, 0.5) is 5.13 Å². The lowest BCUT2D eigenvalue weighted by Crippen LogP contribution is -2.20. The van der Waals surface area contributed by atoms with Crippen molar-refractivity contribution < 1.29 is 9.53 Å². The highest BCUT2D eigenvalue weighted by atomic mass is 32.2. The van der Waals surface area contributed by atoms with Gasteiger partial charge < -0.3 is 4.74 Å². The summed E-state index contributed by atoms with van der Waals surface area (Å²) in [6.45, 7) is 4.19. The van der Waals surface area contributed by atoms with E-state index in [0.29, 0.717) is 16.8 Å². The smallest absolute Gasteiger partial charge is 0.264 e. The van der Waals surface area contributed by atoms with Gasteiger partial charge in [0, 0.05) is 0 Å². The summed E-state index contributed by atoms with van der Waals surface area (Å²) in [6, 6.07) is 7.77. The molecule has 0 saturated heterocycles. The number of ether oxygens (including phenoxy) is 1. The van der Waals surface area contributed by atoms with Crippen molar-refractivity contribution in [2.45, 2.75) is 24.1 Å². The molecule has 0 spiro atoms. The summed E-state index contributed by atoms with van der Waals surface area (Å²) in [5.74, 6) is 0.876. The van der Waals surface area contributed by atoms with Gasteiger partial charge in [-0.05, 0) is 29.9 Å². The predicted molar refractivity (Wildman–Crippen MR) is 86.3 cm³/mol. The van der Waals surface area contributed by atoms with Crippen molar-refractivity contribution in [1.82, 2.24) is 10.2 Å². The zero-order valence-corrected chi connectivity index (χ0v) is 13.8. The molecule has 0 bridgehead atoms. The molecular formula is C14H17N3O2S2. The Hall–Kier alpha value is -1.60. The fourth-order valence-electron chi connectivity index (χ4n) is 1.61.